The Morgan fingerprint density at radius 2 is 1.88 bits per heavy atom. The third kappa shape index (κ3) is 2.97. The first kappa shape index (κ1) is 16.7. The number of nitrogens with zero attached hydrogens (tertiary/aromatic N) is 5. The van der Waals surface area contributed by atoms with E-state index in [4.69, 9.17) is 4.74 Å². The molecule has 0 aliphatic carbocycles. The molecule has 8 heteroatoms. The molecule has 3 rings (SSSR count). The number of rotatable bonds is 3. The summed E-state index contributed by atoms with van der Waals surface area (Å²) >= 11 is 0. The van der Waals surface area contributed by atoms with Crippen LogP contribution in [0, 0.1) is 17.2 Å². The monoisotopic (exact) mass is 333 g/mol. The SMILES string of the molecule is Cn1c(N2CCN(CC3CCOC3)CC2)c(C#N)c(=O)n(C)c1=O. The van der Waals surface area contributed by atoms with Crippen molar-refractivity contribution in [3.8, 4) is 6.07 Å². The summed E-state index contributed by atoms with van der Waals surface area (Å²) in [6, 6.07) is 1.98. The zero-order valence-electron chi connectivity index (χ0n) is 14.2. The Hall–Kier alpha value is -2.11. The van der Waals surface area contributed by atoms with Crippen molar-refractivity contribution in [1.29, 1.82) is 5.26 Å². The second-order valence-corrected chi connectivity index (χ2v) is 6.53. The predicted octanol–water partition coefficient (Wildman–Crippen LogP) is -0.886. The molecule has 1 aromatic rings. The molecule has 0 aromatic carbocycles. The van der Waals surface area contributed by atoms with Gasteiger partial charge in [-0.1, -0.05) is 0 Å². The van der Waals surface area contributed by atoms with Gasteiger partial charge in [-0.15, -0.1) is 0 Å². The Bertz CT molecular complexity index is 762. The van der Waals surface area contributed by atoms with Gasteiger partial charge in [0.25, 0.3) is 5.56 Å². The molecular formula is C16H23N5O3. The van der Waals surface area contributed by atoms with E-state index in [-0.39, 0.29) is 5.56 Å². The fourth-order valence-corrected chi connectivity index (χ4v) is 3.54. The molecule has 0 amide bonds. The van der Waals surface area contributed by atoms with Gasteiger partial charge in [-0.2, -0.15) is 5.26 Å². The summed E-state index contributed by atoms with van der Waals surface area (Å²) in [5, 5.41) is 9.38. The van der Waals surface area contributed by atoms with Gasteiger partial charge in [0.15, 0.2) is 5.56 Å². The Morgan fingerprint density at radius 1 is 1.17 bits per heavy atom. The maximum Gasteiger partial charge on any atom is 0.332 e. The lowest BCUT2D eigenvalue weighted by Gasteiger charge is -2.37. The normalized spacial score (nSPS) is 21.9. The molecule has 3 heterocycles. The minimum Gasteiger partial charge on any atom is -0.381 e. The predicted molar refractivity (Wildman–Crippen MR) is 89.2 cm³/mol. The maximum absolute atomic E-state index is 12.2. The largest absolute Gasteiger partial charge is 0.381 e. The second-order valence-electron chi connectivity index (χ2n) is 6.53. The lowest BCUT2D eigenvalue weighted by atomic mass is 10.1. The van der Waals surface area contributed by atoms with E-state index >= 15 is 0 Å². The lowest BCUT2D eigenvalue weighted by molar-refractivity contribution is 0.164. The van der Waals surface area contributed by atoms with Crippen LogP contribution < -0.4 is 16.1 Å². The van der Waals surface area contributed by atoms with Crippen molar-refractivity contribution in [3.63, 3.8) is 0 Å². The molecule has 2 fully saturated rings. The van der Waals surface area contributed by atoms with E-state index in [1.54, 1.807) is 7.05 Å². The number of anilines is 1. The Balaban J connectivity index is 1.78. The molecule has 0 N–H and O–H groups in total. The fourth-order valence-electron chi connectivity index (χ4n) is 3.54. The van der Waals surface area contributed by atoms with Crippen LogP contribution in [-0.2, 0) is 18.8 Å². The molecule has 2 saturated heterocycles. The summed E-state index contributed by atoms with van der Waals surface area (Å²) in [7, 11) is 3.01. The highest BCUT2D eigenvalue weighted by atomic mass is 16.5. The van der Waals surface area contributed by atoms with Crippen LogP contribution in [0.15, 0.2) is 9.59 Å². The summed E-state index contributed by atoms with van der Waals surface area (Å²) in [5.41, 5.74) is -0.891. The maximum atomic E-state index is 12.2. The lowest BCUT2D eigenvalue weighted by Crippen LogP contribution is -2.51. The number of piperazine rings is 1. The molecule has 0 saturated carbocycles. The van der Waals surface area contributed by atoms with Crippen molar-refractivity contribution in [2.75, 3.05) is 50.8 Å². The molecule has 0 spiro atoms. The molecule has 0 radical (unpaired) electrons. The van der Waals surface area contributed by atoms with E-state index in [2.05, 4.69) is 4.90 Å². The van der Waals surface area contributed by atoms with Gasteiger partial charge in [-0.3, -0.25) is 18.8 Å². The smallest absolute Gasteiger partial charge is 0.332 e. The van der Waals surface area contributed by atoms with E-state index in [0.29, 0.717) is 24.8 Å². The van der Waals surface area contributed by atoms with Crippen LogP contribution in [0.5, 0.6) is 0 Å². The minimum absolute atomic E-state index is 0.0391. The third-order valence-corrected chi connectivity index (χ3v) is 4.96. The van der Waals surface area contributed by atoms with Crippen molar-refractivity contribution in [3.05, 3.63) is 26.4 Å². The van der Waals surface area contributed by atoms with Gasteiger partial charge in [0.05, 0.1) is 6.61 Å². The van der Waals surface area contributed by atoms with Gasteiger partial charge in [0.1, 0.15) is 11.9 Å². The van der Waals surface area contributed by atoms with Crippen molar-refractivity contribution in [1.82, 2.24) is 14.0 Å². The van der Waals surface area contributed by atoms with Crippen LogP contribution in [0.4, 0.5) is 5.82 Å². The van der Waals surface area contributed by atoms with Crippen LogP contribution in [0.2, 0.25) is 0 Å². The van der Waals surface area contributed by atoms with Gasteiger partial charge < -0.3 is 9.64 Å². The highest BCUT2D eigenvalue weighted by Gasteiger charge is 2.26. The van der Waals surface area contributed by atoms with Gasteiger partial charge in [-0.05, 0) is 12.3 Å². The standard InChI is InChI=1S/C16H23N5O3/c1-18-14(13(9-17)15(22)19(2)16(18)23)21-6-4-20(5-7-21)10-12-3-8-24-11-12/h12H,3-8,10-11H2,1-2H3. The van der Waals surface area contributed by atoms with Gasteiger partial charge in [0.2, 0.25) is 0 Å². The van der Waals surface area contributed by atoms with Crippen LogP contribution in [0.3, 0.4) is 0 Å². The number of hydrogen-bond donors (Lipinski definition) is 0. The average Bonchev–Trinajstić information content (AvgIpc) is 3.10. The van der Waals surface area contributed by atoms with E-state index in [9.17, 15) is 14.9 Å². The van der Waals surface area contributed by atoms with E-state index in [1.165, 1.54) is 11.6 Å². The van der Waals surface area contributed by atoms with Gasteiger partial charge >= 0.3 is 5.69 Å². The summed E-state index contributed by atoms with van der Waals surface area (Å²) in [5.74, 6) is 1.04. The summed E-state index contributed by atoms with van der Waals surface area (Å²) < 4.78 is 7.81. The zero-order valence-corrected chi connectivity index (χ0v) is 14.2. The highest BCUT2D eigenvalue weighted by Crippen LogP contribution is 2.19. The molecule has 2 aliphatic heterocycles. The van der Waals surface area contributed by atoms with Crippen LogP contribution in [0.1, 0.15) is 12.0 Å². The average molecular weight is 333 g/mol. The van der Waals surface area contributed by atoms with E-state index in [0.717, 1.165) is 43.8 Å². The number of ether oxygens (including phenoxy) is 1. The summed E-state index contributed by atoms with van der Waals surface area (Å²) in [6.07, 6.45) is 1.11. The minimum atomic E-state index is -0.527. The van der Waals surface area contributed by atoms with Crippen LogP contribution in [-0.4, -0.2) is 60.0 Å². The molecule has 2 aliphatic rings. The third-order valence-electron chi connectivity index (χ3n) is 4.96. The first-order chi connectivity index (χ1) is 11.5. The van der Waals surface area contributed by atoms with Crippen molar-refractivity contribution in [2.45, 2.75) is 6.42 Å². The Morgan fingerprint density at radius 3 is 2.46 bits per heavy atom. The molecule has 1 unspecified atom stereocenters. The zero-order chi connectivity index (χ0) is 17.3. The van der Waals surface area contributed by atoms with Gasteiger partial charge in [-0.25, -0.2) is 4.79 Å². The number of aromatic nitrogens is 2. The molecule has 24 heavy (non-hydrogen) atoms. The molecule has 1 aromatic heterocycles. The van der Waals surface area contributed by atoms with Crippen molar-refractivity contribution in [2.24, 2.45) is 20.0 Å². The molecule has 130 valence electrons. The van der Waals surface area contributed by atoms with E-state index in [1.807, 2.05) is 11.0 Å². The number of hydrogen-bond acceptors (Lipinski definition) is 6. The molecular weight excluding hydrogens is 310 g/mol. The van der Waals surface area contributed by atoms with E-state index < -0.39 is 11.2 Å². The highest BCUT2D eigenvalue weighted by molar-refractivity contribution is 5.53. The molecule has 0 bridgehead atoms. The summed E-state index contributed by atoms with van der Waals surface area (Å²) in [4.78, 5) is 28.8. The van der Waals surface area contributed by atoms with Gasteiger partial charge in [0, 0.05) is 53.4 Å². The fraction of sp³-hybridized carbons (Fsp3) is 0.688. The summed E-state index contributed by atoms with van der Waals surface area (Å²) in [6.45, 7) is 5.81. The first-order valence-electron chi connectivity index (χ1n) is 8.28. The first-order valence-corrected chi connectivity index (χ1v) is 8.28. The van der Waals surface area contributed by atoms with Crippen LogP contribution >= 0.6 is 0 Å². The second kappa shape index (κ2) is 6.79. The van der Waals surface area contributed by atoms with Crippen molar-refractivity contribution < 1.29 is 4.74 Å². The Kier molecular flexibility index (Phi) is 4.73. The molecule has 1 atom stereocenters. The van der Waals surface area contributed by atoms with Crippen molar-refractivity contribution >= 4 is 5.82 Å². The quantitative estimate of drug-likeness (QED) is 0.714. The Labute approximate surface area is 140 Å². The number of nitriles is 1. The molecule has 8 nitrogen and oxygen atoms in total. The van der Waals surface area contributed by atoms with Crippen LogP contribution in [0.25, 0.3) is 0 Å². The topological polar surface area (TPSA) is 83.5 Å².